The maximum Gasteiger partial charge on any atom is 0.330 e. The lowest BCUT2D eigenvalue weighted by Crippen LogP contribution is -2.02. The lowest BCUT2D eigenvalue weighted by molar-refractivity contribution is -0.138. The summed E-state index contributed by atoms with van der Waals surface area (Å²) < 4.78 is 4.96. The van der Waals surface area contributed by atoms with Gasteiger partial charge >= 0.3 is 5.97 Å². The number of hydrogen-bond donors (Lipinski definition) is 0. The molecule has 0 saturated carbocycles. The van der Waals surface area contributed by atoms with Crippen LogP contribution in [0.4, 0.5) is 0 Å². The summed E-state index contributed by atoms with van der Waals surface area (Å²) >= 11 is 0. The molecule has 0 aliphatic heterocycles. The van der Waals surface area contributed by atoms with Crippen LogP contribution in [0.15, 0.2) is 30.9 Å². The molecule has 0 fully saturated rings. The standard InChI is InChI=1S/C12H14O2/c1-4-12(13)14-8-11-7-5-6-9(2)10(11)3/h4-7H,1,8H2,2-3H3. The van der Waals surface area contributed by atoms with Crippen LogP contribution in [0, 0.1) is 13.8 Å². The van der Waals surface area contributed by atoms with E-state index < -0.39 is 0 Å². The first kappa shape index (κ1) is 10.5. The maximum atomic E-state index is 10.8. The molecule has 0 aliphatic rings. The maximum absolute atomic E-state index is 10.8. The van der Waals surface area contributed by atoms with Gasteiger partial charge < -0.3 is 4.74 Å². The Bertz CT molecular complexity index is 353. The van der Waals surface area contributed by atoms with E-state index in [0.717, 1.165) is 5.56 Å². The summed E-state index contributed by atoms with van der Waals surface area (Å²) in [5, 5.41) is 0. The molecule has 2 nitrogen and oxygen atoms in total. The minimum absolute atomic E-state index is 0.318. The summed E-state index contributed by atoms with van der Waals surface area (Å²) in [7, 11) is 0. The van der Waals surface area contributed by atoms with Crippen molar-refractivity contribution in [2.45, 2.75) is 20.5 Å². The molecule has 1 rings (SSSR count). The van der Waals surface area contributed by atoms with Crippen molar-refractivity contribution in [3.8, 4) is 0 Å². The zero-order valence-electron chi connectivity index (χ0n) is 8.54. The topological polar surface area (TPSA) is 26.3 Å². The second-order valence-corrected chi connectivity index (χ2v) is 3.17. The van der Waals surface area contributed by atoms with Gasteiger partial charge in [0.2, 0.25) is 0 Å². The van der Waals surface area contributed by atoms with Gasteiger partial charge in [0, 0.05) is 6.08 Å². The number of ether oxygens (including phenoxy) is 1. The van der Waals surface area contributed by atoms with E-state index in [1.54, 1.807) is 0 Å². The van der Waals surface area contributed by atoms with Crippen LogP contribution >= 0.6 is 0 Å². The predicted octanol–water partition coefficient (Wildman–Crippen LogP) is 2.53. The van der Waals surface area contributed by atoms with Crippen LogP contribution in [0.5, 0.6) is 0 Å². The van der Waals surface area contributed by atoms with Crippen LogP contribution in [-0.2, 0) is 16.1 Å². The number of aryl methyl sites for hydroxylation is 1. The second kappa shape index (κ2) is 4.61. The highest BCUT2D eigenvalue weighted by atomic mass is 16.5. The molecule has 0 amide bonds. The third-order valence-electron chi connectivity index (χ3n) is 2.25. The Balaban J connectivity index is 2.72. The molecule has 0 bridgehead atoms. The van der Waals surface area contributed by atoms with Crippen LogP contribution in [0.2, 0.25) is 0 Å². The smallest absolute Gasteiger partial charge is 0.330 e. The third-order valence-corrected chi connectivity index (χ3v) is 2.25. The van der Waals surface area contributed by atoms with Crippen molar-refractivity contribution >= 4 is 5.97 Å². The predicted molar refractivity (Wildman–Crippen MR) is 55.9 cm³/mol. The molecule has 0 N–H and O–H groups in total. The Kier molecular flexibility index (Phi) is 3.46. The van der Waals surface area contributed by atoms with Crippen molar-refractivity contribution in [1.82, 2.24) is 0 Å². The number of hydrogen-bond acceptors (Lipinski definition) is 2. The van der Waals surface area contributed by atoms with Gasteiger partial charge in [-0.15, -0.1) is 0 Å². The van der Waals surface area contributed by atoms with Gasteiger partial charge in [0.05, 0.1) is 0 Å². The lowest BCUT2D eigenvalue weighted by atomic mass is 10.0. The van der Waals surface area contributed by atoms with Crippen molar-refractivity contribution < 1.29 is 9.53 Å². The normalized spacial score (nSPS) is 9.57. The van der Waals surface area contributed by atoms with E-state index in [0.29, 0.717) is 6.61 Å². The summed E-state index contributed by atoms with van der Waals surface area (Å²) in [4.78, 5) is 10.8. The molecule has 0 saturated heterocycles. The van der Waals surface area contributed by atoms with Crippen molar-refractivity contribution in [3.05, 3.63) is 47.5 Å². The molecule has 1 aromatic rings. The molecular weight excluding hydrogens is 176 g/mol. The molecule has 14 heavy (non-hydrogen) atoms. The summed E-state index contributed by atoms with van der Waals surface area (Å²) in [5.41, 5.74) is 3.42. The fourth-order valence-corrected chi connectivity index (χ4v) is 1.18. The fraction of sp³-hybridized carbons (Fsp3) is 0.250. The molecular formula is C12H14O2. The number of carbonyl (C=O) groups excluding carboxylic acids is 1. The van der Waals surface area contributed by atoms with Gasteiger partial charge in [0.15, 0.2) is 0 Å². The van der Waals surface area contributed by atoms with Crippen LogP contribution in [-0.4, -0.2) is 5.97 Å². The number of carbonyl (C=O) groups is 1. The number of rotatable bonds is 3. The first-order valence-electron chi connectivity index (χ1n) is 4.49. The Morgan fingerprint density at radius 3 is 2.86 bits per heavy atom. The molecule has 0 atom stereocenters. The molecule has 0 aliphatic carbocycles. The Hall–Kier alpha value is -1.57. The van der Waals surface area contributed by atoms with Crippen molar-refractivity contribution in [2.75, 3.05) is 0 Å². The molecule has 2 heteroatoms. The average molecular weight is 190 g/mol. The number of esters is 1. The largest absolute Gasteiger partial charge is 0.458 e. The van der Waals surface area contributed by atoms with Gasteiger partial charge in [-0.3, -0.25) is 0 Å². The molecule has 0 aromatic heterocycles. The minimum Gasteiger partial charge on any atom is -0.458 e. The molecule has 0 heterocycles. The van der Waals surface area contributed by atoms with E-state index in [2.05, 4.69) is 6.58 Å². The summed E-state index contributed by atoms with van der Waals surface area (Å²) in [5.74, 6) is -0.383. The van der Waals surface area contributed by atoms with Crippen LogP contribution in [0.3, 0.4) is 0 Å². The second-order valence-electron chi connectivity index (χ2n) is 3.17. The van der Waals surface area contributed by atoms with Gasteiger partial charge in [-0.25, -0.2) is 4.79 Å². The van der Waals surface area contributed by atoms with Crippen molar-refractivity contribution in [2.24, 2.45) is 0 Å². The summed E-state index contributed by atoms with van der Waals surface area (Å²) in [6.45, 7) is 7.71. The minimum atomic E-state index is -0.383. The average Bonchev–Trinajstić information content (AvgIpc) is 2.20. The van der Waals surface area contributed by atoms with Crippen molar-refractivity contribution in [1.29, 1.82) is 0 Å². The number of benzene rings is 1. The van der Waals surface area contributed by atoms with E-state index in [1.165, 1.54) is 17.2 Å². The SMILES string of the molecule is C=CC(=O)OCc1cccc(C)c1C. The molecule has 74 valence electrons. The van der Waals surface area contributed by atoms with Gasteiger partial charge in [-0.1, -0.05) is 24.8 Å². The van der Waals surface area contributed by atoms with E-state index in [-0.39, 0.29) is 5.97 Å². The Morgan fingerprint density at radius 1 is 1.50 bits per heavy atom. The van der Waals surface area contributed by atoms with E-state index in [9.17, 15) is 4.79 Å². The Labute approximate surface area is 84.2 Å². The third kappa shape index (κ3) is 2.46. The molecule has 0 unspecified atom stereocenters. The quantitative estimate of drug-likeness (QED) is 0.540. The van der Waals surface area contributed by atoms with Gasteiger partial charge in [0.1, 0.15) is 6.61 Å². The van der Waals surface area contributed by atoms with E-state index in [4.69, 9.17) is 4.74 Å². The zero-order valence-corrected chi connectivity index (χ0v) is 8.54. The highest BCUT2D eigenvalue weighted by Gasteiger charge is 2.02. The van der Waals surface area contributed by atoms with Gasteiger partial charge in [-0.2, -0.15) is 0 Å². The van der Waals surface area contributed by atoms with Crippen LogP contribution < -0.4 is 0 Å². The molecule has 0 radical (unpaired) electrons. The van der Waals surface area contributed by atoms with Gasteiger partial charge in [-0.05, 0) is 30.5 Å². The fourth-order valence-electron chi connectivity index (χ4n) is 1.18. The van der Waals surface area contributed by atoms with E-state index in [1.807, 2.05) is 32.0 Å². The summed E-state index contributed by atoms with van der Waals surface area (Å²) in [6, 6.07) is 5.95. The summed E-state index contributed by atoms with van der Waals surface area (Å²) in [6.07, 6.45) is 1.17. The first-order valence-corrected chi connectivity index (χ1v) is 4.49. The van der Waals surface area contributed by atoms with Gasteiger partial charge in [0.25, 0.3) is 0 Å². The first-order chi connectivity index (χ1) is 6.65. The Morgan fingerprint density at radius 2 is 2.21 bits per heavy atom. The highest BCUT2D eigenvalue weighted by Crippen LogP contribution is 2.13. The highest BCUT2D eigenvalue weighted by molar-refractivity contribution is 5.81. The molecule has 1 aromatic carbocycles. The van der Waals surface area contributed by atoms with Crippen molar-refractivity contribution in [3.63, 3.8) is 0 Å². The lowest BCUT2D eigenvalue weighted by Gasteiger charge is -2.07. The van der Waals surface area contributed by atoms with Crippen LogP contribution in [0.1, 0.15) is 16.7 Å². The molecule has 0 spiro atoms. The zero-order chi connectivity index (χ0) is 10.6. The monoisotopic (exact) mass is 190 g/mol. The van der Waals surface area contributed by atoms with Crippen LogP contribution in [0.25, 0.3) is 0 Å². The van der Waals surface area contributed by atoms with E-state index >= 15 is 0 Å².